The van der Waals surface area contributed by atoms with Crippen LogP contribution in [0.1, 0.15) is 41.5 Å². The molecule has 162 valence electrons. The first-order valence-electron chi connectivity index (χ1n) is 10.7. The lowest BCUT2D eigenvalue weighted by Crippen LogP contribution is -2.41. The van der Waals surface area contributed by atoms with Gasteiger partial charge in [0.05, 0.1) is 19.2 Å². The number of rotatable bonds is 7. The van der Waals surface area contributed by atoms with Crippen LogP contribution in [0.2, 0.25) is 0 Å². The monoisotopic (exact) mass is 420 g/mol. The van der Waals surface area contributed by atoms with Gasteiger partial charge < -0.3 is 18.8 Å². The van der Waals surface area contributed by atoms with Gasteiger partial charge in [-0.05, 0) is 49.1 Å². The third kappa shape index (κ3) is 5.26. The van der Waals surface area contributed by atoms with Crippen LogP contribution in [0.15, 0.2) is 59.1 Å². The summed E-state index contributed by atoms with van der Waals surface area (Å²) < 4.78 is 17.1. The number of carbonyl (C=O) groups excluding carboxylic acids is 1. The molecule has 0 aliphatic carbocycles. The zero-order chi connectivity index (χ0) is 21.6. The van der Waals surface area contributed by atoms with E-state index in [1.807, 2.05) is 60.4 Å². The van der Waals surface area contributed by atoms with E-state index in [1.54, 1.807) is 13.3 Å². The smallest absolute Gasteiger partial charge is 0.260 e. The number of ether oxygens (including phenoxy) is 2. The van der Waals surface area contributed by atoms with Gasteiger partial charge in [0.1, 0.15) is 17.3 Å². The predicted molar refractivity (Wildman–Crippen MR) is 118 cm³/mol. The SMILES string of the molecule is COc1cccc(Cc2cnc([C@@H]3CCCN(C(=O)COc4ccccc4C)C3)o2)c1. The molecule has 1 aromatic heterocycles. The Balaban J connectivity index is 1.35. The van der Waals surface area contributed by atoms with Crippen molar-refractivity contribution in [3.05, 3.63) is 77.5 Å². The number of nitrogens with zero attached hydrogens (tertiary/aromatic N) is 2. The molecular weight excluding hydrogens is 392 g/mol. The zero-order valence-corrected chi connectivity index (χ0v) is 18.0. The van der Waals surface area contributed by atoms with Crippen molar-refractivity contribution in [2.24, 2.45) is 0 Å². The third-order valence-electron chi connectivity index (χ3n) is 5.65. The first kappa shape index (κ1) is 21.0. The normalized spacial score (nSPS) is 16.2. The Morgan fingerprint density at radius 1 is 1.23 bits per heavy atom. The predicted octanol–water partition coefficient (Wildman–Crippen LogP) is 4.37. The highest BCUT2D eigenvalue weighted by Gasteiger charge is 2.28. The highest BCUT2D eigenvalue weighted by atomic mass is 16.5. The minimum absolute atomic E-state index is 0.00360. The van der Waals surface area contributed by atoms with Crippen molar-refractivity contribution < 1.29 is 18.7 Å². The van der Waals surface area contributed by atoms with Crippen LogP contribution in [0, 0.1) is 6.92 Å². The lowest BCUT2D eigenvalue weighted by molar-refractivity contribution is -0.134. The Labute approximate surface area is 182 Å². The van der Waals surface area contributed by atoms with Crippen molar-refractivity contribution in [3.63, 3.8) is 0 Å². The number of oxazole rings is 1. The first-order chi connectivity index (χ1) is 15.1. The number of methoxy groups -OCH3 is 1. The maximum Gasteiger partial charge on any atom is 0.260 e. The summed E-state index contributed by atoms with van der Waals surface area (Å²) >= 11 is 0. The van der Waals surface area contributed by atoms with Crippen LogP contribution in [0.5, 0.6) is 11.5 Å². The minimum Gasteiger partial charge on any atom is -0.497 e. The van der Waals surface area contributed by atoms with Crippen LogP contribution in [-0.4, -0.2) is 42.6 Å². The Bertz CT molecular complexity index is 1030. The van der Waals surface area contributed by atoms with Gasteiger partial charge in [-0.15, -0.1) is 0 Å². The Morgan fingerprint density at radius 2 is 2.10 bits per heavy atom. The van der Waals surface area contributed by atoms with Gasteiger partial charge in [-0.3, -0.25) is 4.79 Å². The van der Waals surface area contributed by atoms with E-state index in [-0.39, 0.29) is 18.4 Å². The fraction of sp³-hybridized carbons (Fsp3) is 0.360. The van der Waals surface area contributed by atoms with Gasteiger partial charge in [0.15, 0.2) is 12.5 Å². The van der Waals surface area contributed by atoms with Gasteiger partial charge >= 0.3 is 0 Å². The number of likely N-dealkylation sites (tertiary alicyclic amines) is 1. The van der Waals surface area contributed by atoms with E-state index in [4.69, 9.17) is 13.9 Å². The molecule has 6 nitrogen and oxygen atoms in total. The molecule has 1 fully saturated rings. The van der Waals surface area contributed by atoms with E-state index in [0.717, 1.165) is 47.8 Å². The summed E-state index contributed by atoms with van der Waals surface area (Å²) in [6.45, 7) is 3.37. The van der Waals surface area contributed by atoms with Crippen LogP contribution in [0.3, 0.4) is 0 Å². The fourth-order valence-corrected chi connectivity index (χ4v) is 3.93. The Hall–Kier alpha value is -3.28. The van der Waals surface area contributed by atoms with Crippen molar-refractivity contribution in [1.29, 1.82) is 0 Å². The van der Waals surface area contributed by atoms with Gasteiger partial charge in [-0.1, -0.05) is 30.3 Å². The molecule has 1 saturated heterocycles. The van der Waals surface area contributed by atoms with Gasteiger partial charge in [-0.2, -0.15) is 0 Å². The maximum atomic E-state index is 12.7. The standard InChI is InChI=1S/C25H28N2O4/c1-18-7-3-4-11-23(18)30-17-24(28)27-12-6-9-20(16-27)25-26-15-22(31-25)14-19-8-5-10-21(13-19)29-2/h3-5,7-8,10-11,13,15,20H,6,9,12,14,16-17H2,1-2H3/t20-/m1/s1. The quantitative estimate of drug-likeness (QED) is 0.568. The molecule has 1 aliphatic rings. The van der Waals surface area contributed by atoms with Gasteiger partial charge in [-0.25, -0.2) is 4.98 Å². The van der Waals surface area contributed by atoms with Crippen molar-refractivity contribution >= 4 is 5.91 Å². The number of piperidine rings is 1. The molecule has 1 aliphatic heterocycles. The van der Waals surface area contributed by atoms with E-state index in [2.05, 4.69) is 4.98 Å². The maximum absolute atomic E-state index is 12.7. The summed E-state index contributed by atoms with van der Waals surface area (Å²) in [7, 11) is 1.66. The van der Waals surface area contributed by atoms with Gasteiger partial charge in [0, 0.05) is 19.5 Å². The average Bonchev–Trinajstić information content (AvgIpc) is 3.27. The lowest BCUT2D eigenvalue weighted by Gasteiger charge is -2.31. The largest absolute Gasteiger partial charge is 0.497 e. The number of aromatic nitrogens is 1. The summed E-state index contributed by atoms with van der Waals surface area (Å²) in [6.07, 6.45) is 4.33. The molecule has 2 heterocycles. The molecule has 31 heavy (non-hydrogen) atoms. The second-order valence-corrected chi connectivity index (χ2v) is 7.93. The number of para-hydroxylation sites is 1. The van der Waals surface area contributed by atoms with E-state index in [1.165, 1.54) is 0 Å². The number of hydrogen-bond acceptors (Lipinski definition) is 5. The summed E-state index contributed by atoms with van der Waals surface area (Å²) in [5.74, 6) is 3.20. The molecule has 0 N–H and O–H groups in total. The Morgan fingerprint density at radius 3 is 2.94 bits per heavy atom. The van der Waals surface area contributed by atoms with Crippen molar-refractivity contribution in [1.82, 2.24) is 9.88 Å². The van der Waals surface area contributed by atoms with Crippen molar-refractivity contribution in [3.8, 4) is 11.5 Å². The molecule has 0 saturated carbocycles. The molecule has 4 rings (SSSR count). The highest BCUT2D eigenvalue weighted by Crippen LogP contribution is 2.28. The molecule has 3 aromatic rings. The van der Waals surface area contributed by atoms with Crippen LogP contribution in [0.4, 0.5) is 0 Å². The van der Waals surface area contributed by atoms with Crippen LogP contribution >= 0.6 is 0 Å². The topological polar surface area (TPSA) is 64.8 Å². The number of carbonyl (C=O) groups is 1. The fourth-order valence-electron chi connectivity index (χ4n) is 3.93. The zero-order valence-electron chi connectivity index (χ0n) is 18.0. The van der Waals surface area contributed by atoms with Crippen LogP contribution in [0.25, 0.3) is 0 Å². The molecule has 0 bridgehead atoms. The second kappa shape index (κ2) is 9.69. The van der Waals surface area contributed by atoms with Crippen LogP contribution < -0.4 is 9.47 Å². The second-order valence-electron chi connectivity index (χ2n) is 7.93. The van der Waals surface area contributed by atoms with E-state index < -0.39 is 0 Å². The Kier molecular flexibility index (Phi) is 6.55. The van der Waals surface area contributed by atoms with Crippen molar-refractivity contribution in [2.75, 3.05) is 26.8 Å². The summed E-state index contributed by atoms with van der Waals surface area (Å²) in [5, 5.41) is 0. The molecule has 1 amide bonds. The number of hydrogen-bond donors (Lipinski definition) is 0. The first-order valence-corrected chi connectivity index (χ1v) is 10.7. The lowest BCUT2D eigenvalue weighted by atomic mass is 9.98. The molecule has 0 unspecified atom stereocenters. The summed E-state index contributed by atoms with van der Waals surface area (Å²) in [4.78, 5) is 19.1. The summed E-state index contributed by atoms with van der Waals surface area (Å²) in [6, 6.07) is 15.7. The number of aryl methyl sites for hydroxylation is 1. The molecule has 2 aromatic carbocycles. The molecule has 6 heteroatoms. The minimum atomic E-state index is -0.00360. The third-order valence-corrected chi connectivity index (χ3v) is 5.65. The molecule has 0 radical (unpaired) electrons. The van der Waals surface area contributed by atoms with Crippen molar-refractivity contribution in [2.45, 2.75) is 32.1 Å². The van der Waals surface area contributed by atoms with Crippen LogP contribution in [-0.2, 0) is 11.2 Å². The van der Waals surface area contributed by atoms with E-state index >= 15 is 0 Å². The average molecular weight is 421 g/mol. The van der Waals surface area contributed by atoms with Gasteiger partial charge in [0.25, 0.3) is 5.91 Å². The molecular formula is C25H28N2O4. The number of amides is 1. The molecule has 1 atom stereocenters. The summed E-state index contributed by atoms with van der Waals surface area (Å²) in [5.41, 5.74) is 2.13. The van der Waals surface area contributed by atoms with E-state index in [0.29, 0.717) is 18.9 Å². The highest BCUT2D eigenvalue weighted by molar-refractivity contribution is 5.78. The number of benzene rings is 2. The van der Waals surface area contributed by atoms with E-state index in [9.17, 15) is 4.79 Å². The van der Waals surface area contributed by atoms with Gasteiger partial charge in [0.2, 0.25) is 0 Å². The molecule has 0 spiro atoms.